The van der Waals surface area contributed by atoms with Crippen molar-refractivity contribution in [1.82, 2.24) is 4.90 Å². The molecule has 0 aromatic heterocycles. The third-order valence-electron chi connectivity index (χ3n) is 4.57. The van der Waals surface area contributed by atoms with E-state index in [1.54, 1.807) is 30.3 Å². The van der Waals surface area contributed by atoms with Crippen molar-refractivity contribution in [3.8, 4) is 11.5 Å². The lowest BCUT2D eigenvalue weighted by Gasteiger charge is -2.14. The normalized spacial score (nSPS) is 14.7. The molecule has 0 saturated carbocycles. The monoisotopic (exact) mass is 508 g/mol. The molecule has 7 nitrogen and oxygen atoms in total. The number of carbonyl (C=O) groups excluding carboxylic acids is 3. The van der Waals surface area contributed by atoms with E-state index in [4.69, 9.17) is 32.7 Å². The molecule has 1 aliphatic heterocycles. The van der Waals surface area contributed by atoms with Gasteiger partial charge in [-0.15, -0.1) is 0 Å². The summed E-state index contributed by atoms with van der Waals surface area (Å²) in [5.74, 6) is -0.217. The van der Waals surface area contributed by atoms with Crippen LogP contribution in [0.3, 0.4) is 0 Å². The molecule has 1 fully saturated rings. The number of hydrogen-bond acceptors (Lipinski definition) is 6. The van der Waals surface area contributed by atoms with E-state index in [0.717, 1.165) is 22.2 Å². The first-order chi connectivity index (χ1) is 15.7. The van der Waals surface area contributed by atoms with Gasteiger partial charge in [-0.05, 0) is 74.0 Å². The number of imide groups is 1. The molecule has 1 saturated heterocycles. The molecule has 33 heavy (non-hydrogen) atoms. The van der Waals surface area contributed by atoms with Crippen molar-refractivity contribution in [2.45, 2.75) is 20.8 Å². The number of aryl methyl sites for hydroxylation is 1. The van der Waals surface area contributed by atoms with Crippen molar-refractivity contribution in [3.63, 3.8) is 0 Å². The van der Waals surface area contributed by atoms with E-state index in [2.05, 4.69) is 5.32 Å². The van der Waals surface area contributed by atoms with Crippen LogP contribution in [0.5, 0.6) is 11.5 Å². The average Bonchev–Trinajstić information content (AvgIpc) is 3.00. The summed E-state index contributed by atoms with van der Waals surface area (Å²) in [6.07, 6.45) is 1.54. The lowest BCUT2D eigenvalue weighted by Crippen LogP contribution is -2.36. The number of thioether (sulfide) groups is 1. The van der Waals surface area contributed by atoms with Crippen molar-refractivity contribution in [2.75, 3.05) is 25.1 Å². The van der Waals surface area contributed by atoms with E-state index < -0.39 is 23.6 Å². The van der Waals surface area contributed by atoms with Crippen molar-refractivity contribution in [1.29, 1.82) is 0 Å². The second kappa shape index (κ2) is 11.0. The van der Waals surface area contributed by atoms with Crippen LogP contribution >= 0.6 is 35.0 Å². The molecule has 1 N–H and O–H groups in total. The fourth-order valence-corrected chi connectivity index (χ4v) is 4.35. The number of anilines is 1. The summed E-state index contributed by atoms with van der Waals surface area (Å²) >= 11 is 13.1. The summed E-state index contributed by atoms with van der Waals surface area (Å²) in [4.78, 5) is 38.8. The Labute approximate surface area is 206 Å². The number of carbonyl (C=O) groups is 3. The molecule has 0 aliphatic carbocycles. The lowest BCUT2D eigenvalue weighted by atomic mass is 10.1. The Morgan fingerprint density at radius 1 is 1.12 bits per heavy atom. The third kappa shape index (κ3) is 6.01. The zero-order valence-electron chi connectivity index (χ0n) is 18.2. The van der Waals surface area contributed by atoms with Crippen LogP contribution in [0.1, 0.15) is 25.0 Å². The Hall–Kier alpha value is -2.68. The highest BCUT2D eigenvalue weighted by atomic mass is 35.5. The summed E-state index contributed by atoms with van der Waals surface area (Å²) in [5, 5.41) is 2.94. The van der Waals surface area contributed by atoms with Crippen LogP contribution in [0.4, 0.5) is 10.5 Å². The maximum Gasteiger partial charge on any atom is 0.294 e. The van der Waals surface area contributed by atoms with Gasteiger partial charge in [-0.2, -0.15) is 0 Å². The number of ether oxygens (including phenoxy) is 2. The maximum absolute atomic E-state index is 12.8. The van der Waals surface area contributed by atoms with Crippen LogP contribution in [0, 0.1) is 6.92 Å². The smallest absolute Gasteiger partial charge is 0.294 e. The molecule has 3 amide bonds. The van der Waals surface area contributed by atoms with Crippen LogP contribution in [-0.4, -0.2) is 41.7 Å². The molecule has 1 aliphatic rings. The van der Waals surface area contributed by atoms with E-state index in [9.17, 15) is 14.4 Å². The van der Waals surface area contributed by atoms with Gasteiger partial charge in [0.2, 0.25) is 5.91 Å². The highest BCUT2D eigenvalue weighted by molar-refractivity contribution is 8.18. The van der Waals surface area contributed by atoms with Crippen molar-refractivity contribution in [2.24, 2.45) is 0 Å². The summed E-state index contributed by atoms with van der Waals surface area (Å²) in [6.45, 7) is 5.87. The van der Waals surface area contributed by atoms with Gasteiger partial charge in [-0.25, -0.2) is 0 Å². The second-order valence-corrected chi connectivity index (χ2v) is 8.81. The number of rotatable bonds is 8. The first-order valence-corrected chi connectivity index (χ1v) is 11.7. The largest absolute Gasteiger partial charge is 0.490 e. The summed E-state index contributed by atoms with van der Waals surface area (Å²) < 4.78 is 11.1. The summed E-state index contributed by atoms with van der Waals surface area (Å²) in [7, 11) is 0. The SMILES string of the molecule is CCOc1cc(/C=C2/SC(=O)N(CC(=O)Nc3cc(Cl)ccc3C)C2=O)cc(Cl)c1OCC. The van der Waals surface area contributed by atoms with Crippen molar-refractivity contribution < 1.29 is 23.9 Å². The molecule has 0 unspecified atom stereocenters. The molecule has 0 spiro atoms. The Balaban J connectivity index is 1.78. The van der Waals surface area contributed by atoms with Gasteiger partial charge in [0, 0.05) is 10.7 Å². The summed E-state index contributed by atoms with van der Waals surface area (Å²) in [5.41, 5.74) is 1.89. The zero-order chi connectivity index (χ0) is 24.1. The van der Waals surface area contributed by atoms with Gasteiger partial charge in [-0.3, -0.25) is 19.3 Å². The fourth-order valence-electron chi connectivity index (χ4n) is 3.07. The van der Waals surface area contributed by atoms with Gasteiger partial charge < -0.3 is 14.8 Å². The van der Waals surface area contributed by atoms with Crippen LogP contribution in [0.2, 0.25) is 10.0 Å². The van der Waals surface area contributed by atoms with Crippen LogP contribution in [0.15, 0.2) is 35.2 Å². The maximum atomic E-state index is 12.8. The predicted octanol–water partition coefficient (Wildman–Crippen LogP) is 5.77. The van der Waals surface area contributed by atoms with E-state index >= 15 is 0 Å². The molecule has 3 rings (SSSR count). The molecule has 0 bridgehead atoms. The number of nitrogens with one attached hydrogen (secondary N) is 1. The second-order valence-electron chi connectivity index (χ2n) is 6.97. The van der Waals surface area contributed by atoms with Crippen LogP contribution < -0.4 is 14.8 Å². The molecule has 0 radical (unpaired) electrons. The highest BCUT2D eigenvalue weighted by Gasteiger charge is 2.36. The molecule has 2 aromatic carbocycles. The van der Waals surface area contributed by atoms with Crippen molar-refractivity contribution >= 4 is 63.8 Å². The molecule has 0 atom stereocenters. The molecule has 10 heteroatoms. The Kier molecular flexibility index (Phi) is 8.29. The quantitative estimate of drug-likeness (QED) is 0.455. The molecular weight excluding hydrogens is 487 g/mol. The molecule has 2 aromatic rings. The molecule has 174 valence electrons. The zero-order valence-corrected chi connectivity index (χ0v) is 20.6. The minimum absolute atomic E-state index is 0.175. The lowest BCUT2D eigenvalue weighted by molar-refractivity contribution is -0.127. The summed E-state index contributed by atoms with van der Waals surface area (Å²) in [6, 6.07) is 8.38. The van der Waals surface area contributed by atoms with Gasteiger partial charge in [0.25, 0.3) is 11.1 Å². The topological polar surface area (TPSA) is 84.9 Å². The van der Waals surface area contributed by atoms with Gasteiger partial charge in [0.15, 0.2) is 11.5 Å². The standard InChI is InChI=1S/C23H22Cl2N2O5S/c1-4-31-18-9-14(8-16(25)21(18)32-5-2)10-19-22(29)27(23(30)33-19)12-20(28)26-17-11-15(24)7-6-13(17)3/h6-11H,4-5,12H2,1-3H3,(H,26,28)/b19-10+. The Morgan fingerprint density at radius 3 is 2.55 bits per heavy atom. The fraction of sp³-hybridized carbons (Fsp3) is 0.261. The number of nitrogens with zero attached hydrogens (tertiary/aromatic N) is 1. The predicted molar refractivity (Wildman–Crippen MR) is 131 cm³/mol. The van der Waals surface area contributed by atoms with Gasteiger partial charge in [-0.1, -0.05) is 29.3 Å². The Morgan fingerprint density at radius 2 is 1.85 bits per heavy atom. The van der Waals surface area contributed by atoms with E-state index in [0.29, 0.717) is 46.0 Å². The van der Waals surface area contributed by atoms with Crippen LogP contribution in [-0.2, 0) is 9.59 Å². The first-order valence-electron chi connectivity index (χ1n) is 10.1. The minimum Gasteiger partial charge on any atom is -0.490 e. The van der Waals surface area contributed by atoms with Gasteiger partial charge in [0.1, 0.15) is 6.54 Å². The first kappa shape index (κ1) is 25.0. The van der Waals surface area contributed by atoms with Crippen LogP contribution in [0.25, 0.3) is 6.08 Å². The number of benzene rings is 2. The van der Waals surface area contributed by atoms with E-state index in [1.807, 2.05) is 20.8 Å². The minimum atomic E-state index is -0.564. The van der Waals surface area contributed by atoms with Gasteiger partial charge >= 0.3 is 0 Å². The molecular formula is C23H22Cl2N2O5S. The number of hydrogen-bond donors (Lipinski definition) is 1. The van der Waals surface area contributed by atoms with E-state index in [-0.39, 0.29) is 4.91 Å². The highest BCUT2D eigenvalue weighted by Crippen LogP contribution is 2.39. The Bertz CT molecular complexity index is 1140. The number of halogens is 2. The van der Waals surface area contributed by atoms with E-state index in [1.165, 1.54) is 6.08 Å². The van der Waals surface area contributed by atoms with Gasteiger partial charge in [0.05, 0.1) is 23.1 Å². The van der Waals surface area contributed by atoms with Crippen molar-refractivity contribution in [3.05, 3.63) is 56.4 Å². The average molecular weight is 509 g/mol. The number of amides is 3. The third-order valence-corrected chi connectivity index (χ3v) is 5.99. The molecule has 1 heterocycles.